The van der Waals surface area contributed by atoms with Gasteiger partial charge in [-0.2, -0.15) is 0 Å². The van der Waals surface area contributed by atoms with Gasteiger partial charge in [-0.25, -0.2) is 0 Å². The van der Waals surface area contributed by atoms with Crippen LogP contribution >= 0.6 is 0 Å². The second kappa shape index (κ2) is 6.54. The second-order valence-corrected chi connectivity index (χ2v) is 6.97. The molecule has 138 valence electrons. The van der Waals surface area contributed by atoms with E-state index in [0.717, 1.165) is 33.8 Å². The molecule has 0 radical (unpaired) electrons. The minimum absolute atomic E-state index is 0.210. The highest BCUT2D eigenvalue weighted by molar-refractivity contribution is 5.94. The number of fused-ring (bicyclic) bond motifs is 1. The molecule has 4 rings (SSSR count). The van der Waals surface area contributed by atoms with E-state index in [9.17, 15) is 9.59 Å². The van der Waals surface area contributed by atoms with Gasteiger partial charge in [-0.1, -0.05) is 35.5 Å². The van der Waals surface area contributed by atoms with E-state index in [1.807, 2.05) is 44.2 Å². The molecule has 6 heteroatoms. The maximum absolute atomic E-state index is 13.1. The number of carbonyl (C=O) groups excluding carboxylic acids is 1. The molecule has 0 bridgehead atoms. The predicted molar refractivity (Wildman–Crippen MR) is 102 cm³/mol. The summed E-state index contributed by atoms with van der Waals surface area (Å²) in [4.78, 5) is 27.4. The molecule has 27 heavy (non-hydrogen) atoms. The molecule has 1 aliphatic rings. The lowest BCUT2D eigenvalue weighted by atomic mass is 10.0. The van der Waals surface area contributed by atoms with Crippen LogP contribution in [0.5, 0.6) is 0 Å². The smallest absolute Gasteiger partial charge is 0.263 e. The van der Waals surface area contributed by atoms with Crippen molar-refractivity contribution in [3.05, 3.63) is 74.9 Å². The molecular weight excluding hydrogens is 342 g/mol. The van der Waals surface area contributed by atoms with Gasteiger partial charge in [-0.05, 0) is 25.5 Å². The molecule has 1 amide bonds. The summed E-state index contributed by atoms with van der Waals surface area (Å²) in [5, 5.41) is 4.21. The first-order chi connectivity index (χ1) is 13.0. The van der Waals surface area contributed by atoms with Crippen molar-refractivity contribution in [1.29, 1.82) is 0 Å². The van der Waals surface area contributed by atoms with Crippen LogP contribution in [0.2, 0.25) is 0 Å². The van der Waals surface area contributed by atoms with Crippen LogP contribution in [0.3, 0.4) is 0 Å². The first kappa shape index (κ1) is 17.3. The van der Waals surface area contributed by atoms with Crippen molar-refractivity contribution in [2.75, 3.05) is 6.54 Å². The lowest BCUT2D eigenvalue weighted by molar-refractivity contribution is 0.0726. The molecule has 1 aliphatic heterocycles. The highest BCUT2D eigenvalue weighted by atomic mass is 16.5. The highest BCUT2D eigenvalue weighted by Crippen LogP contribution is 2.30. The summed E-state index contributed by atoms with van der Waals surface area (Å²) in [6, 6.07) is 11.5. The number of benzene rings is 1. The van der Waals surface area contributed by atoms with E-state index in [-0.39, 0.29) is 17.0 Å². The van der Waals surface area contributed by atoms with Gasteiger partial charge in [0.2, 0.25) is 0 Å². The Balaban J connectivity index is 1.69. The van der Waals surface area contributed by atoms with Gasteiger partial charge in [0.1, 0.15) is 17.0 Å². The van der Waals surface area contributed by atoms with E-state index in [1.165, 1.54) is 4.57 Å². The highest BCUT2D eigenvalue weighted by Gasteiger charge is 2.29. The van der Waals surface area contributed by atoms with E-state index in [0.29, 0.717) is 19.5 Å². The normalized spacial score (nSPS) is 13.5. The summed E-state index contributed by atoms with van der Waals surface area (Å²) >= 11 is 0. The van der Waals surface area contributed by atoms with Crippen molar-refractivity contribution in [2.45, 2.75) is 26.8 Å². The molecule has 0 N–H and O–H groups in total. The topological polar surface area (TPSA) is 68.3 Å². The van der Waals surface area contributed by atoms with Crippen LogP contribution in [0.1, 0.15) is 32.9 Å². The van der Waals surface area contributed by atoms with Crippen molar-refractivity contribution in [2.24, 2.45) is 7.05 Å². The number of hydrogen-bond acceptors (Lipinski definition) is 4. The zero-order valence-electron chi connectivity index (χ0n) is 15.7. The van der Waals surface area contributed by atoms with Crippen molar-refractivity contribution in [3.8, 4) is 11.3 Å². The van der Waals surface area contributed by atoms with Crippen LogP contribution in [0, 0.1) is 13.8 Å². The number of aryl methyl sites for hydroxylation is 1. The van der Waals surface area contributed by atoms with Crippen LogP contribution in [-0.4, -0.2) is 27.1 Å². The number of nitrogens with zero attached hydrogens (tertiary/aromatic N) is 3. The van der Waals surface area contributed by atoms with E-state index in [2.05, 4.69) is 5.16 Å². The maximum atomic E-state index is 13.1. The van der Waals surface area contributed by atoms with Gasteiger partial charge in [-0.15, -0.1) is 0 Å². The van der Waals surface area contributed by atoms with E-state index >= 15 is 0 Å². The van der Waals surface area contributed by atoms with Crippen molar-refractivity contribution in [3.63, 3.8) is 0 Å². The fourth-order valence-corrected chi connectivity index (χ4v) is 3.51. The fourth-order valence-electron chi connectivity index (χ4n) is 3.51. The number of carbonyl (C=O) groups is 1. The molecule has 0 spiro atoms. The Morgan fingerprint density at radius 2 is 1.93 bits per heavy atom. The molecule has 6 nitrogen and oxygen atoms in total. The van der Waals surface area contributed by atoms with Crippen molar-refractivity contribution < 1.29 is 9.32 Å². The Hall–Kier alpha value is -3.15. The van der Waals surface area contributed by atoms with Gasteiger partial charge in [0, 0.05) is 36.8 Å². The van der Waals surface area contributed by atoms with Crippen LogP contribution in [0.15, 0.2) is 45.7 Å². The van der Waals surface area contributed by atoms with Crippen LogP contribution in [0.25, 0.3) is 11.3 Å². The zero-order chi connectivity index (χ0) is 19.1. The van der Waals surface area contributed by atoms with Crippen LogP contribution < -0.4 is 5.56 Å². The zero-order valence-corrected chi connectivity index (χ0v) is 15.7. The first-order valence-corrected chi connectivity index (χ1v) is 8.96. The third kappa shape index (κ3) is 2.87. The average molecular weight is 363 g/mol. The number of pyridine rings is 1. The number of rotatable bonds is 2. The Morgan fingerprint density at radius 1 is 1.19 bits per heavy atom. The average Bonchev–Trinajstić information content (AvgIpc) is 3.12. The number of amides is 1. The van der Waals surface area contributed by atoms with Gasteiger partial charge in [-0.3, -0.25) is 9.59 Å². The molecule has 2 aromatic heterocycles. The second-order valence-electron chi connectivity index (χ2n) is 6.97. The minimum atomic E-state index is -0.262. The molecule has 3 heterocycles. The summed E-state index contributed by atoms with van der Waals surface area (Å²) in [5.41, 5.74) is 4.37. The van der Waals surface area contributed by atoms with E-state index in [4.69, 9.17) is 4.52 Å². The fraction of sp³-hybridized carbons (Fsp3) is 0.286. The van der Waals surface area contributed by atoms with Crippen molar-refractivity contribution in [1.82, 2.24) is 14.6 Å². The van der Waals surface area contributed by atoms with E-state index in [1.54, 1.807) is 18.0 Å². The summed E-state index contributed by atoms with van der Waals surface area (Å²) in [6.07, 6.45) is 0.589. The molecule has 3 aromatic rings. The Bertz CT molecular complexity index is 1080. The lowest BCUT2D eigenvalue weighted by Crippen LogP contribution is -2.39. The molecule has 1 aromatic carbocycles. The number of hydrogen-bond donors (Lipinski definition) is 0. The molecule has 0 atom stereocenters. The third-order valence-corrected chi connectivity index (χ3v) is 5.36. The third-order valence-electron chi connectivity index (χ3n) is 5.36. The Morgan fingerprint density at radius 3 is 2.67 bits per heavy atom. The lowest BCUT2D eigenvalue weighted by Gasteiger charge is -2.26. The molecule has 0 saturated heterocycles. The van der Waals surface area contributed by atoms with Crippen molar-refractivity contribution >= 4 is 5.91 Å². The summed E-state index contributed by atoms with van der Waals surface area (Å²) in [6.45, 7) is 4.68. The summed E-state index contributed by atoms with van der Waals surface area (Å²) in [7, 11) is 1.70. The molecule has 0 fully saturated rings. The van der Waals surface area contributed by atoms with Crippen LogP contribution in [-0.2, 0) is 20.0 Å². The quantitative estimate of drug-likeness (QED) is 0.702. The van der Waals surface area contributed by atoms with Crippen LogP contribution in [0.4, 0.5) is 0 Å². The molecular formula is C21H21N3O3. The number of aromatic nitrogens is 2. The molecule has 0 aliphatic carbocycles. The molecule has 0 unspecified atom stereocenters. The molecule has 0 saturated carbocycles. The van der Waals surface area contributed by atoms with E-state index < -0.39 is 0 Å². The Kier molecular flexibility index (Phi) is 4.18. The minimum Gasteiger partial charge on any atom is -0.360 e. The summed E-state index contributed by atoms with van der Waals surface area (Å²) < 4.78 is 7.03. The monoisotopic (exact) mass is 363 g/mol. The SMILES string of the molecule is Cc1cc(C(=O)N2CCc3onc(-c4ccccc4)c3C2)c(=O)n(C)c1C. The van der Waals surface area contributed by atoms with Gasteiger partial charge in [0.25, 0.3) is 11.5 Å². The summed E-state index contributed by atoms with van der Waals surface area (Å²) in [5.74, 6) is 0.565. The Labute approximate surface area is 157 Å². The van der Waals surface area contributed by atoms with Gasteiger partial charge in [0.05, 0.1) is 6.54 Å². The largest absolute Gasteiger partial charge is 0.360 e. The van der Waals surface area contributed by atoms with Gasteiger partial charge < -0.3 is 14.0 Å². The van der Waals surface area contributed by atoms with Gasteiger partial charge in [0.15, 0.2) is 0 Å². The standard InChI is InChI=1S/C21H21N3O3/c1-13-11-16(20(25)23(3)14(13)2)21(26)24-10-9-18-17(12-24)19(22-27-18)15-7-5-4-6-8-15/h4-8,11H,9-10,12H2,1-3H3. The van der Waals surface area contributed by atoms with Gasteiger partial charge >= 0.3 is 0 Å². The maximum Gasteiger partial charge on any atom is 0.263 e. The first-order valence-electron chi connectivity index (χ1n) is 8.96. The predicted octanol–water partition coefficient (Wildman–Crippen LogP) is 2.86.